The zero-order valence-corrected chi connectivity index (χ0v) is 23.7. The fourth-order valence-electron chi connectivity index (χ4n) is 6.84. The maximum absolute atomic E-state index is 13.5. The van der Waals surface area contributed by atoms with Crippen molar-refractivity contribution >= 4 is 16.0 Å². The molecule has 4 bridgehead atoms. The number of fused-ring (bicyclic) bond motifs is 4. The first-order valence-electron chi connectivity index (χ1n) is 13.7. The quantitative estimate of drug-likeness (QED) is 0.465. The number of hydrogen-bond donors (Lipinski definition) is 1. The molecule has 2 aromatic heterocycles. The van der Waals surface area contributed by atoms with Gasteiger partial charge in [0.1, 0.15) is 0 Å². The summed E-state index contributed by atoms with van der Waals surface area (Å²) in [6, 6.07) is 9.65. The van der Waals surface area contributed by atoms with E-state index in [1.165, 1.54) is 25.7 Å². The first kappa shape index (κ1) is 25.3. The summed E-state index contributed by atoms with van der Waals surface area (Å²) >= 11 is 0. The third-order valence-electron chi connectivity index (χ3n) is 8.76. The number of nitrogens with one attached hydrogen (secondary N) is 1. The van der Waals surface area contributed by atoms with E-state index in [4.69, 9.17) is 4.74 Å². The van der Waals surface area contributed by atoms with Gasteiger partial charge >= 0.3 is 0 Å². The molecular formula is C29H37N5O3S. The average molecular weight is 536 g/mol. The van der Waals surface area contributed by atoms with Gasteiger partial charge in [-0.15, -0.1) is 0 Å². The number of hydrogen-bond acceptors (Lipinski definition) is 6. The zero-order chi connectivity index (χ0) is 26.8. The number of anilines is 1. The van der Waals surface area contributed by atoms with Gasteiger partial charge in [0.15, 0.2) is 5.03 Å². The highest BCUT2D eigenvalue weighted by molar-refractivity contribution is 7.92. The van der Waals surface area contributed by atoms with Crippen LogP contribution in [0.25, 0.3) is 11.3 Å². The normalized spacial score (nSPS) is 23.6. The molecule has 0 saturated heterocycles. The van der Waals surface area contributed by atoms with E-state index >= 15 is 0 Å². The Morgan fingerprint density at radius 2 is 1.84 bits per heavy atom. The summed E-state index contributed by atoms with van der Waals surface area (Å²) in [5, 5.41) is 4.49. The van der Waals surface area contributed by atoms with Crippen molar-refractivity contribution in [2.45, 2.75) is 70.7 Å². The standard InChI is InChI=1S/C29H37N5O3S/c1-17(2)11-20-16-37-24-12-22(26-18(3)7-6-8-19(26)4)30-28(31-24)33-38(35,36)25-13-23(34(5)32-25)27(20)21-14-29(15-21)9-10-29/h6-8,12-13,17,20-21,27H,9-11,14-16H2,1-5H3,(H,30,31,33)/t20-,27?/m1/s1. The third kappa shape index (κ3) is 4.59. The van der Waals surface area contributed by atoms with Gasteiger partial charge in [-0.25, -0.2) is 9.71 Å². The van der Waals surface area contributed by atoms with Crippen molar-refractivity contribution < 1.29 is 13.2 Å². The van der Waals surface area contributed by atoms with Crippen molar-refractivity contribution in [3.8, 4) is 17.1 Å². The minimum absolute atomic E-state index is 0.00729. The first-order chi connectivity index (χ1) is 18.0. The summed E-state index contributed by atoms with van der Waals surface area (Å²) in [7, 11) is -2.14. The molecule has 9 heteroatoms. The van der Waals surface area contributed by atoms with Crippen LogP contribution in [-0.4, -0.2) is 34.8 Å². The Kier molecular flexibility index (Phi) is 6.05. The van der Waals surface area contributed by atoms with Gasteiger partial charge in [-0.1, -0.05) is 32.0 Å². The van der Waals surface area contributed by atoms with Crippen molar-refractivity contribution in [3.05, 3.63) is 47.2 Å². The molecule has 6 rings (SSSR count). The van der Waals surface area contributed by atoms with E-state index in [0.29, 0.717) is 35.4 Å². The highest BCUT2D eigenvalue weighted by atomic mass is 32.2. The second-order valence-corrected chi connectivity index (χ2v) is 13.8. The number of nitrogens with zero attached hydrogens (tertiary/aromatic N) is 4. The van der Waals surface area contributed by atoms with Gasteiger partial charge in [0.05, 0.1) is 12.3 Å². The van der Waals surface area contributed by atoms with Crippen LogP contribution in [-0.2, 0) is 17.1 Å². The number of ether oxygens (including phenoxy) is 1. The largest absolute Gasteiger partial charge is 0.477 e. The lowest BCUT2D eigenvalue weighted by Crippen LogP contribution is -2.37. The Labute approximate surface area is 225 Å². The van der Waals surface area contributed by atoms with E-state index in [1.807, 2.05) is 45.2 Å². The first-order valence-corrected chi connectivity index (χ1v) is 15.2. The van der Waals surface area contributed by atoms with Crippen LogP contribution in [0.15, 0.2) is 35.4 Å². The minimum atomic E-state index is -4.00. The Morgan fingerprint density at radius 3 is 2.50 bits per heavy atom. The Balaban J connectivity index is 1.47. The molecule has 0 radical (unpaired) electrons. The predicted molar refractivity (Wildman–Crippen MR) is 147 cm³/mol. The molecule has 2 aliphatic carbocycles. The highest BCUT2D eigenvalue weighted by Gasteiger charge is 2.56. The third-order valence-corrected chi connectivity index (χ3v) is 9.96. The maximum atomic E-state index is 13.5. The van der Waals surface area contributed by atoms with E-state index in [9.17, 15) is 8.42 Å². The van der Waals surface area contributed by atoms with Crippen molar-refractivity contribution in [1.29, 1.82) is 0 Å². The molecular weight excluding hydrogens is 498 g/mol. The van der Waals surface area contributed by atoms with Crippen LogP contribution in [0, 0.1) is 37.0 Å². The Hall–Kier alpha value is -2.94. The maximum Gasteiger partial charge on any atom is 0.283 e. The molecule has 1 spiro atoms. The molecule has 1 unspecified atom stereocenters. The molecule has 3 aromatic rings. The summed E-state index contributed by atoms with van der Waals surface area (Å²) < 4.78 is 37.8. The van der Waals surface area contributed by atoms with Crippen LogP contribution in [0.1, 0.15) is 68.7 Å². The van der Waals surface area contributed by atoms with Gasteiger partial charge < -0.3 is 4.74 Å². The monoisotopic (exact) mass is 535 g/mol. The molecule has 2 atom stereocenters. The van der Waals surface area contributed by atoms with Crippen molar-refractivity contribution in [2.75, 3.05) is 11.3 Å². The second kappa shape index (κ2) is 9.07. The van der Waals surface area contributed by atoms with Gasteiger partial charge in [0, 0.05) is 42.3 Å². The molecule has 3 aliphatic rings. The van der Waals surface area contributed by atoms with Gasteiger partial charge in [-0.2, -0.15) is 18.5 Å². The zero-order valence-electron chi connectivity index (χ0n) is 22.9. The molecule has 1 aliphatic heterocycles. The van der Waals surface area contributed by atoms with Gasteiger partial charge in [0.25, 0.3) is 10.0 Å². The SMILES string of the molecule is Cc1cccc(C)c1-c1cc2nc(n1)NS(=O)(=O)c1cc(n(C)n1)C(C1CC3(CC3)C1)[C@H](CC(C)C)CO2. The summed E-state index contributed by atoms with van der Waals surface area (Å²) in [6.07, 6.45) is 6.02. The molecule has 2 saturated carbocycles. The van der Waals surface area contributed by atoms with Crippen LogP contribution in [0.5, 0.6) is 5.88 Å². The molecule has 202 valence electrons. The summed E-state index contributed by atoms with van der Waals surface area (Å²) in [4.78, 5) is 9.09. The van der Waals surface area contributed by atoms with Gasteiger partial charge in [-0.3, -0.25) is 4.68 Å². The van der Waals surface area contributed by atoms with E-state index in [2.05, 4.69) is 33.6 Å². The smallest absolute Gasteiger partial charge is 0.283 e. The number of rotatable bonds is 4. The van der Waals surface area contributed by atoms with E-state index in [1.54, 1.807) is 10.7 Å². The fraction of sp³-hybridized carbons (Fsp3) is 0.552. The van der Waals surface area contributed by atoms with Crippen LogP contribution in [0.4, 0.5) is 5.95 Å². The molecule has 0 amide bonds. The number of aryl methyl sites for hydroxylation is 3. The molecule has 1 aromatic carbocycles. The van der Waals surface area contributed by atoms with Crippen molar-refractivity contribution in [1.82, 2.24) is 19.7 Å². The topological polar surface area (TPSA) is 99.0 Å². The van der Waals surface area contributed by atoms with Gasteiger partial charge in [0.2, 0.25) is 11.8 Å². The van der Waals surface area contributed by atoms with Gasteiger partial charge in [-0.05, 0) is 74.3 Å². The van der Waals surface area contributed by atoms with Crippen LogP contribution < -0.4 is 9.46 Å². The summed E-state index contributed by atoms with van der Waals surface area (Å²) in [6.45, 7) is 9.03. The highest BCUT2D eigenvalue weighted by Crippen LogP contribution is 2.67. The van der Waals surface area contributed by atoms with Crippen molar-refractivity contribution in [3.63, 3.8) is 0 Å². The average Bonchev–Trinajstić information content (AvgIpc) is 3.51. The van der Waals surface area contributed by atoms with Crippen molar-refractivity contribution in [2.24, 2.45) is 30.2 Å². The molecule has 1 N–H and O–H groups in total. The summed E-state index contributed by atoms with van der Waals surface area (Å²) in [5.41, 5.74) is 5.20. The lowest BCUT2D eigenvalue weighted by molar-refractivity contribution is 0.0774. The number of sulfonamides is 1. The lowest BCUT2D eigenvalue weighted by atomic mass is 9.61. The minimum Gasteiger partial charge on any atom is -0.477 e. The van der Waals surface area contributed by atoms with Crippen LogP contribution in [0.2, 0.25) is 0 Å². The number of benzene rings is 1. The molecule has 8 nitrogen and oxygen atoms in total. The van der Waals surface area contributed by atoms with E-state index in [0.717, 1.165) is 28.8 Å². The summed E-state index contributed by atoms with van der Waals surface area (Å²) in [5.74, 6) is 1.71. The second-order valence-electron chi connectivity index (χ2n) is 12.2. The molecule has 3 heterocycles. The predicted octanol–water partition coefficient (Wildman–Crippen LogP) is 5.62. The van der Waals surface area contributed by atoms with Crippen LogP contribution in [0.3, 0.4) is 0 Å². The molecule has 2 fully saturated rings. The fourth-order valence-corrected chi connectivity index (χ4v) is 7.78. The molecule has 38 heavy (non-hydrogen) atoms. The number of aromatic nitrogens is 4. The van der Waals surface area contributed by atoms with E-state index in [-0.39, 0.29) is 22.8 Å². The van der Waals surface area contributed by atoms with Crippen LogP contribution >= 0.6 is 0 Å². The Morgan fingerprint density at radius 1 is 1.13 bits per heavy atom. The lowest BCUT2D eigenvalue weighted by Gasteiger charge is -2.44. The van der Waals surface area contributed by atoms with E-state index < -0.39 is 10.0 Å². The Bertz CT molecular complexity index is 1460.